The molecule has 1 atom stereocenters. The lowest BCUT2D eigenvalue weighted by atomic mass is 9.87. The first-order valence-corrected chi connectivity index (χ1v) is 11.1. The maximum atomic E-state index is 12.3. The van der Waals surface area contributed by atoms with Crippen molar-refractivity contribution >= 4 is 11.6 Å². The van der Waals surface area contributed by atoms with Crippen molar-refractivity contribution < 1.29 is 9.53 Å². The molecule has 1 aliphatic rings. The molecule has 0 aliphatic carbocycles. The first-order chi connectivity index (χ1) is 14.2. The Labute approximate surface area is 181 Å². The highest BCUT2D eigenvalue weighted by atomic mass is 16.5. The van der Waals surface area contributed by atoms with Crippen LogP contribution in [0.2, 0.25) is 0 Å². The summed E-state index contributed by atoms with van der Waals surface area (Å²) in [4.78, 5) is 14.8. The van der Waals surface area contributed by atoms with Crippen LogP contribution in [0.1, 0.15) is 64.6 Å². The van der Waals surface area contributed by atoms with E-state index in [4.69, 9.17) is 4.74 Å². The van der Waals surface area contributed by atoms with E-state index in [9.17, 15) is 4.79 Å². The third-order valence-electron chi connectivity index (χ3n) is 6.01. The molecule has 30 heavy (non-hydrogen) atoms. The summed E-state index contributed by atoms with van der Waals surface area (Å²) in [7, 11) is 0. The molecule has 1 saturated heterocycles. The monoisotopic (exact) mass is 408 g/mol. The van der Waals surface area contributed by atoms with E-state index in [1.165, 1.54) is 24.1 Å². The topological polar surface area (TPSA) is 41.6 Å². The molecule has 1 N–H and O–H groups in total. The zero-order chi connectivity index (χ0) is 21.7. The van der Waals surface area contributed by atoms with Crippen molar-refractivity contribution in [2.24, 2.45) is 5.92 Å². The molecule has 4 nitrogen and oxygen atoms in total. The van der Waals surface area contributed by atoms with Gasteiger partial charge in [0.15, 0.2) is 6.61 Å². The second kappa shape index (κ2) is 9.55. The van der Waals surface area contributed by atoms with E-state index in [2.05, 4.69) is 74.3 Å². The SMILES string of the molecule is CC1CCN(c2ccc([C@H](C)NC(=O)COc3ccc(C(C)(C)C)cc3)cc2)CC1. The van der Waals surface area contributed by atoms with Gasteiger partial charge in [-0.25, -0.2) is 0 Å². The minimum absolute atomic E-state index is 0.0171. The van der Waals surface area contributed by atoms with Gasteiger partial charge in [0.2, 0.25) is 0 Å². The summed E-state index contributed by atoms with van der Waals surface area (Å²) in [6.45, 7) is 13.1. The van der Waals surface area contributed by atoms with Gasteiger partial charge < -0.3 is 15.0 Å². The smallest absolute Gasteiger partial charge is 0.258 e. The molecule has 0 saturated carbocycles. The van der Waals surface area contributed by atoms with Crippen LogP contribution in [0.25, 0.3) is 0 Å². The zero-order valence-electron chi connectivity index (χ0n) is 19.1. The summed E-state index contributed by atoms with van der Waals surface area (Å²) < 4.78 is 5.66. The predicted octanol–water partition coefficient (Wildman–Crippen LogP) is 5.48. The molecule has 1 fully saturated rings. The fraction of sp³-hybridized carbons (Fsp3) is 0.500. The summed E-state index contributed by atoms with van der Waals surface area (Å²) in [6, 6.07) is 16.5. The summed E-state index contributed by atoms with van der Waals surface area (Å²) >= 11 is 0. The quantitative estimate of drug-likeness (QED) is 0.688. The van der Waals surface area contributed by atoms with Crippen LogP contribution in [0, 0.1) is 5.92 Å². The molecule has 1 aliphatic heterocycles. The molecule has 4 heteroatoms. The maximum absolute atomic E-state index is 12.3. The fourth-order valence-electron chi connectivity index (χ4n) is 3.81. The second-order valence-corrected chi connectivity index (χ2v) is 9.61. The lowest BCUT2D eigenvalue weighted by molar-refractivity contribution is -0.123. The number of carbonyl (C=O) groups is 1. The van der Waals surface area contributed by atoms with Crippen LogP contribution in [-0.4, -0.2) is 25.6 Å². The van der Waals surface area contributed by atoms with Crippen LogP contribution in [0.4, 0.5) is 5.69 Å². The Morgan fingerprint density at radius 3 is 2.23 bits per heavy atom. The molecule has 3 rings (SSSR count). The molecule has 2 aromatic carbocycles. The number of rotatable bonds is 6. The van der Waals surface area contributed by atoms with Crippen molar-refractivity contribution in [2.45, 2.75) is 58.9 Å². The number of nitrogens with one attached hydrogen (secondary N) is 1. The number of benzene rings is 2. The molecule has 1 amide bonds. The molecule has 1 heterocycles. The summed E-state index contributed by atoms with van der Waals surface area (Å²) in [5.41, 5.74) is 3.72. The number of carbonyl (C=O) groups excluding carboxylic acids is 1. The Morgan fingerprint density at radius 2 is 1.67 bits per heavy atom. The van der Waals surface area contributed by atoms with E-state index < -0.39 is 0 Å². The van der Waals surface area contributed by atoms with Gasteiger partial charge in [-0.1, -0.05) is 52.0 Å². The lowest BCUT2D eigenvalue weighted by Gasteiger charge is -2.32. The van der Waals surface area contributed by atoms with Gasteiger partial charge in [-0.05, 0) is 66.5 Å². The number of ether oxygens (including phenoxy) is 1. The number of amides is 1. The molecule has 0 bridgehead atoms. The van der Waals surface area contributed by atoms with Gasteiger partial charge in [-0.15, -0.1) is 0 Å². The van der Waals surface area contributed by atoms with E-state index in [1.54, 1.807) is 0 Å². The average molecular weight is 409 g/mol. The van der Waals surface area contributed by atoms with Crippen LogP contribution in [0.15, 0.2) is 48.5 Å². The minimum Gasteiger partial charge on any atom is -0.484 e. The largest absolute Gasteiger partial charge is 0.484 e. The van der Waals surface area contributed by atoms with E-state index in [0.717, 1.165) is 24.6 Å². The van der Waals surface area contributed by atoms with Crippen LogP contribution in [0.3, 0.4) is 0 Å². The molecule has 162 valence electrons. The van der Waals surface area contributed by atoms with Crippen LogP contribution < -0.4 is 15.0 Å². The highest BCUT2D eigenvalue weighted by Gasteiger charge is 2.17. The van der Waals surface area contributed by atoms with Crippen molar-refractivity contribution in [2.75, 3.05) is 24.6 Å². The zero-order valence-corrected chi connectivity index (χ0v) is 19.1. The van der Waals surface area contributed by atoms with Crippen molar-refractivity contribution in [1.29, 1.82) is 0 Å². The Kier molecular flexibility index (Phi) is 7.06. The normalized spacial score (nSPS) is 16.2. The van der Waals surface area contributed by atoms with Gasteiger partial charge in [0.1, 0.15) is 5.75 Å². The molecule has 0 aromatic heterocycles. The van der Waals surface area contributed by atoms with Crippen molar-refractivity contribution in [3.8, 4) is 5.75 Å². The Balaban J connectivity index is 1.48. The predicted molar refractivity (Wildman–Crippen MR) is 124 cm³/mol. The number of anilines is 1. The lowest BCUT2D eigenvalue weighted by Crippen LogP contribution is -2.33. The van der Waals surface area contributed by atoms with Gasteiger partial charge in [-0.2, -0.15) is 0 Å². The highest BCUT2D eigenvalue weighted by molar-refractivity contribution is 5.78. The van der Waals surface area contributed by atoms with Gasteiger partial charge in [0.05, 0.1) is 6.04 Å². The third kappa shape index (κ3) is 6.01. The molecule has 0 radical (unpaired) electrons. The second-order valence-electron chi connectivity index (χ2n) is 9.61. The van der Waals surface area contributed by atoms with Crippen LogP contribution in [0.5, 0.6) is 5.75 Å². The van der Waals surface area contributed by atoms with Gasteiger partial charge in [0, 0.05) is 18.8 Å². The number of hydrogen-bond acceptors (Lipinski definition) is 3. The van der Waals surface area contributed by atoms with Crippen LogP contribution >= 0.6 is 0 Å². The number of piperidine rings is 1. The summed E-state index contributed by atoms with van der Waals surface area (Å²) in [5, 5.41) is 3.03. The van der Waals surface area contributed by atoms with E-state index in [0.29, 0.717) is 5.75 Å². The summed E-state index contributed by atoms with van der Waals surface area (Å²) in [5.74, 6) is 1.43. The van der Waals surface area contributed by atoms with Gasteiger partial charge >= 0.3 is 0 Å². The average Bonchev–Trinajstić information content (AvgIpc) is 2.72. The van der Waals surface area contributed by atoms with Gasteiger partial charge in [-0.3, -0.25) is 4.79 Å². The van der Waals surface area contributed by atoms with Crippen LogP contribution in [-0.2, 0) is 10.2 Å². The summed E-state index contributed by atoms with van der Waals surface area (Å²) in [6.07, 6.45) is 2.51. The molecular weight excluding hydrogens is 372 g/mol. The molecule has 0 unspecified atom stereocenters. The van der Waals surface area contributed by atoms with E-state index in [1.807, 2.05) is 19.1 Å². The van der Waals surface area contributed by atoms with Crippen molar-refractivity contribution in [1.82, 2.24) is 5.32 Å². The maximum Gasteiger partial charge on any atom is 0.258 e. The van der Waals surface area contributed by atoms with Crippen molar-refractivity contribution in [3.63, 3.8) is 0 Å². The minimum atomic E-state index is -0.114. The van der Waals surface area contributed by atoms with E-state index >= 15 is 0 Å². The first kappa shape index (κ1) is 22.2. The number of nitrogens with zero attached hydrogens (tertiary/aromatic N) is 1. The third-order valence-corrected chi connectivity index (χ3v) is 6.01. The molecule has 2 aromatic rings. The van der Waals surface area contributed by atoms with Crippen molar-refractivity contribution in [3.05, 3.63) is 59.7 Å². The fourth-order valence-corrected chi connectivity index (χ4v) is 3.81. The first-order valence-electron chi connectivity index (χ1n) is 11.1. The highest BCUT2D eigenvalue weighted by Crippen LogP contribution is 2.25. The molecular formula is C26H36N2O2. The van der Waals surface area contributed by atoms with Gasteiger partial charge in [0.25, 0.3) is 5.91 Å². The van der Waals surface area contributed by atoms with E-state index in [-0.39, 0.29) is 24.0 Å². The Morgan fingerprint density at radius 1 is 1.07 bits per heavy atom. The molecule has 0 spiro atoms. The standard InChI is InChI=1S/C26H36N2O2/c1-19-14-16-28(17-15-19)23-10-6-21(7-11-23)20(2)27-25(29)18-30-24-12-8-22(9-13-24)26(3,4)5/h6-13,19-20H,14-18H2,1-5H3,(H,27,29)/t20-/m0/s1. The Hall–Kier alpha value is -2.49. The number of hydrogen-bond donors (Lipinski definition) is 1. The Bertz CT molecular complexity index is 814.